The van der Waals surface area contributed by atoms with Gasteiger partial charge < -0.3 is 5.32 Å². The lowest BCUT2D eigenvalue weighted by atomic mass is 10.1. The van der Waals surface area contributed by atoms with Crippen molar-refractivity contribution in [3.8, 4) is 0 Å². The predicted octanol–water partition coefficient (Wildman–Crippen LogP) is 4.84. The molecule has 0 aliphatic rings. The maximum absolute atomic E-state index is 13.0. The quantitative estimate of drug-likeness (QED) is 0.622. The van der Waals surface area contributed by atoms with Crippen molar-refractivity contribution in [2.45, 2.75) is 11.8 Å². The zero-order chi connectivity index (χ0) is 20.3. The van der Waals surface area contributed by atoms with Crippen LogP contribution in [0.25, 0.3) is 0 Å². The minimum Gasteiger partial charge on any atom is -0.322 e. The van der Waals surface area contributed by atoms with Crippen molar-refractivity contribution in [1.29, 1.82) is 0 Å². The Bertz CT molecular complexity index is 1130. The Morgan fingerprint density at radius 3 is 2.36 bits per heavy atom. The van der Waals surface area contributed by atoms with Crippen molar-refractivity contribution in [2.75, 3.05) is 10.0 Å². The summed E-state index contributed by atoms with van der Waals surface area (Å²) < 4.78 is 40.6. The summed E-state index contributed by atoms with van der Waals surface area (Å²) in [5.41, 5.74) is 1.53. The molecule has 0 saturated heterocycles. The molecule has 0 heterocycles. The van der Waals surface area contributed by atoms with Gasteiger partial charge in [-0.15, -0.1) is 0 Å². The highest BCUT2D eigenvalue weighted by Gasteiger charge is 2.18. The minimum atomic E-state index is -3.95. The summed E-state index contributed by atoms with van der Waals surface area (Å²) in [5.74, 6) is -0.933. The maximum Gasteiger partial charge on any atom is 0.261 e. The van der Waals surface area contributed by atoms with Crippen LogP contribution in [0.1, 0.15) is 15.9 Å². The molecule has 1 amide bonds. The molecule has 5 nitrogen and oxygen atoms in total. The van der Waals surface area contributed by atoms with E-state index in [1.54, 1.807) is 37.3 Å². The molecule has 0 aliphatic carbocycles. The summed E-state index contributed by atoms with van der Waals surface area (Å²) in [4.78, 5) is 12.5. The average Bonchev–Trinajstić information content (AvgIpc) is 2.63. The molecule has 0 spiro atoms. The highest BCUT2D eigenvalue weighted by atomic mass is 35.5. The number of anilines is 2. The molecule has 8 heteroatoms. The van der Waals surface area contributed by atoms with E-state index < -0.39 is 21.7 Å². The number of halogens is 2. The Kier molecular flexibility index (Phi) is 5.67. The van der Waals surface area contributed by atoms with Crippen LogP contribution in [-0.4, -0.2) is 14.3 Å². The van der Waals surface area contributed by atoms with Crippen molar-refractivity contribution in [3.63, 3.8) is 0 Å². The zero-order valence-electron chi connectivity index (χ0n) is 14.7. The molecule has 3 aromatic rings. The van der Waals surface area contributed by atoms with Gasteiger partial charge in [-0.25, -0.2) is 12.8 Å². The normalized spacial score (nSPS) is 11.1. The van der Waals surface area contributed by atoms with Gasteiger partial charge in [-0.2, -0.15) is 0 Å². The third-order valence-electron chi connectivity index (χ3n) is 3.94. The van der Waals surface area contributed by atoms with Crippen LogP contribution in [0.2, 0.25) is 5.02 Å². The van der Waals surface area contributed by atoms with E-state index in [4.69, 9.17) is 11.6 Å². The fourth-order valence-electron chi connectivity index (χ4n) is 2.51. The second-order valence-electron chi connectivity index (χ2n) is 6.05. The number of carbonyl (C=O) groups is 1. The summed E-state index contributed by atoms with van der Waals surface area (Å²) in [5, 5.41) is 3.16. The second-order valence-corrected chi connectivity index (χ2v) is 8.17. The molecule has 3 rings (SSSR count). The van der Waals surface area contributed by atoms with Gasteiger partial charge in [0.2, 0.25) is 0 Å². The lowest BCUT2D eigenvalue weighted by molar-refractivity contribution is 0.102. The van der Waals surface area contributed by atoms with Crippen molar-refractivity contribution in [1.82, 2.24) is 0 Å². The number of rotatable bonds is 5. The van der Waals surface area contributed by atoms with Gasteiger partial charge in [0, 0.05) is 22.0 Å². The van der Waals surface area contributed by atoms with Crippen LogP contribution in [0, 0.1) is 12.7 Å². The molecule has 2 N–H and O–H groups in total. The van der Waals surface area contributed by atoms with Gasteiger partial charge in [-0.05, 0) is 67.1 Å². The van der Waals surface area contributed by atoms with E-state index in [9.17, 15) is 17.6 Å². The van der Waals surface area contributed by atoms with Crippen LogP contribution in [0.4, 0.5) is 15.8 Å². The smallest absolute Gasteiger partial charge is 0.261 e. The molecule has 0 saturated carbocycles. The highest BCUT2D eigenvalue weighted by Crippen LogP contribution is 2.21. The Morgan fingerprint density at radius 2 is 1.68 bits per heavy atom. The van der Waals surface area contributed by atoms with Gasteiger partial charge in [0.1, 0.15) is 5.82 Å². The molecule has 0 atom stereocenters. The van der Waals surface area contributed by atoms with Crippen molar-refractivity contribution >= 4 is 38.9 Å². The number of hydrogen-bond acceptors (Lipinski definition) is 3. The molecule has 0 fully saturated rings. The fourth-order valence-corrected chi connectivity index (χ4v) is 3.78. The summed E-state index contributed by atoms with van der Waals surface area (Å²) in [6.45, 7) is 1.71. The number of hydrogen-bond donors (Lipinski definition) is 2. The first kappa shape index (κ1) is 19.9. The molecular formula is C20H16ClFN2O3S. The van der Waals surface area contributed by atoms with Crippen LogP contribution in [-0.2, 0) is 10.0 Å². The number of sulfonamides is 1. The summed E-state index contributed by atoms with van der Waals surface area (Å²) in [7, 11) is -3.95. The van der Waals surface area contributed by atoms with E-state index >= 15 is 0 Å². The van der Waals surface area contributed by atoms with Crippen molar-refractivity contribution in [2.24, 2.45) is 0 Å². The summed E-state index contributed by atoms with van der Waals surface area (Å²) in [6, 6.07) is 15.8. The topological polar surface area (TPSA) is 75.3 Å². The number of amides is 1. The van der Waals surface area contributed by atoms with E-state index in [0.717, 1.165) is 12.1 Å². The largest absolute Gasteiger partial charge is 0.322 e. The van der Waals surface area contributed by atoms with Gasteiger partial charge in [0.15, 0.2) is 0 Å². The van der Waals surface area contributed by atoms with Gasteiger partial charge in [-0.3, -0.25) is 9.52 Å². The van der Waals surface area contributed by atoms with Crippen molar-refractivity contribution < 1.29 is 17.6 Å². The van der Waals surface area contributed by atoms with E-state index in [1.165, 1.54) is 24.3 Å². The maximum atomic E-state index is 13.0. The number of aryl methyl sites for hydroxylation is 1. The van der Waals surface area contributed by atoms with Crippen LogP contribution >= 0.6 is 11.6 Å². The molecule has 144 valence electrons. The molecule has 3 aromatic carbocycles. The third-order valence-corrected chi connectivity index (χ3v) is 5.56. The van der Waals surface area contributed by atoms with Crippen LogP contribution in [0.3, 0.4) is 0 Å². The van der Waals surface area contributed by atoms with E-state index in [2.05, 4.69) is 10.0 Å². The monoisotopic (exact) mass is 418 g/mol. The third kappa shape index (κ3) is 4.68. The fraction of sp³-hybridized carbons (Fsp3) is 0.0500. The predicted molar refractivity (Wildman–Crippen MR) is 108 cm³/mol. The Balaban J connectivity index is 1.87. The van der Waals surface area contributed by atoms with E-state index in [0.29, 0.717) is 16.3 Å². The first-order valence-electron chi connectivity index (χ1n) is 8.20. The first-order valence-corrected chi connectivity index (χ1v) is 10.1. The Morgan fingerprint density at radius 1 is 0.964 bits per heavy atom. The Labute approximate surface area is 167 Å². The van der Waals surface area contributed by atoms with Crippen LogP contribution < -0.4 is 10.0 Å². The highest BCUT2D eigenvalue weighted by molar-refractivity contribution is 7.92. The Hall–Kier alpha value is -2.90. The van der Waals surface area contributed by atoms with E-state index in [1.807, 2.05) is 0 Å². The minimum absolute atomic E-state index is 0.0846. The van der Waals surface area contributed by atoms with Crippen LogP contribution in [0.5, 0.6) is 0 Å². The average molecular weight is 419 g/mol. The number of carbonyl (C=O) groups excluding carboxylic acids is 1. The molecule has 0 bridgehead atoms. The molecule has 0 unspecified atom stereocenters. The molecule has 0 radical (unpaired) electrons. The lowest BCUT2D eigenvalue weighted by Crippen LogP contribution is -2.17. The summed E-state index contributed by atoms with van der Waals surface area (Å²) >= 11 is 5.92. The molecule has 28 heavy (non-hydrogen) atoms. The van der Waals surface area contributed by atoms with E-state index in [-0.39, 0.29) is 16.1 Å². The first-order chi connectivity index (χ1) is 13.2. The van der Waals surface area contributed by atoms with Gasteiger partial charge in [0.25, 0.3) is 15.9 Å². The summed E-state index contributed by atoms with van der Waals surface area (Å²) in [6.07, 6.45) is 0. The number of nitrogens with one attached hydrogen (secondary N) is 2. The molecule has 0 aliphatic heterocycles. The molecular weight excluding hydrogens is 403 g/mol. The standard InChI is InChI=1S/C20H16ClFN2O3S/c1-13-5-10-18(28(26,27)24-16-8-6-15(22)7-9-16)12-19(13)20(25)23-17-4-2-3-14(21)11-17/h2-12,24H,1H3,(H,23,25). The lowest BCUT2D eigenvalue weighted by Gasteiger charge is -2.12. The van der Waals surface area contributed by atoms with Gasteiger partial charge >= 0.3 is 0 Å². The van der Waals surface area contributed by atoms with Crippen molar-refractivity contribution in [3.05, 3.63) is 88.7 Å². The second kappa shape index (κ2) is 8.00. The van der Waals surface area contributed by atoms with Crippen LogP contribution in [0.15, 0.2) is 71.6 Å². The zero-order valence-corrected chi connectivity index (χ0v) is 16.3. The molecule has 0 aromatic heterocycles. The SMILES string of the molecule is Cc1ccc(S(=O)(=O)Nc2ccc(F)cc2)cc1C(=O)Nc1cccc(Cl)c1. The van der Waals surface area contributed by atoms with Gasteiger partial charge in [-0.1, -0.05) is 23.7 Å². The number of benzene rings is 3. The van der Waals surface area contributed by atoms with Gasteiger partial charge in [0.05, 0.1) is 4.90 Å².